The Morgan fingerprint density at radius 3 is 2.18 bits per heavy atom. The van der Waals surface area contributed by atoms with E-state index in [0.717, 1.165) is 23.4 Å². The topological polar surface area (TPSA) is 86.8 Å². The molecule has 5 rings (SSSR count). The number of carbonyl (C=O) groups is 4. The van der Waals surface area contributed by atoms with Gasteiger partial charge in [-0.2, -0.15) is 0 Å². The Morgan fingerprint density at radius 2 is 1.59 bits per heavy atom. The number of rotatable bonds is 5. The van der Waals surface area contributed by atoms with Crippen LogP contribution in [-0.4, -0.2) is 35.1 Å². The van der Waals surface area contributed by atoms with Crippen molar-refractivity contribution in [2.24, 2.45) is 0 Å². The minimum Gasteiger partial charge on any atom is -0.338 e. The summed E-state index contributed by atoms with van der Waals surface area (Å²) < 4.78 is 0. The fraction of sp³-hybridized carbons (Fsp3) is 0.154. The fourth-order valence-electron chi connectivity index (χ4n) is 4.23. The van der Waals surface area contributed by atoms with Gasteiger partial charge >= 0.3 is 0 Å². The average molecular weight is 474 g/mol. The minimum absolute atomic E-state index is 0.156. The van der Waals surface area contributed by atoms with Crippen LogP contribution in [0, 0.1) is 0 Å². The molecule has 7 nitrogen and oxygen atoms in total. The Labute approximate surface area is 200 Å². The number of imide groups is 1. The van der Waals surface area contributed by atoms with Crippen LogP contribution >= 0.6 is 11.6 Å². The van der Waals surface area contributed by atoms with Crippen LogP contribution in [0.2, 0.25) is 5.02 Å². The maximum Gasteiger partial charge on any atom is 0.266 e. The molecule has 170 valence electrons. The molecule has 2 aliphatic heterocycles. The van der Waals surface area contributed by atoms with Crippen molar-refractivity contribution < 1.29 is 19.2 Å². The largest absolute Gasteiger partial charge is 0.338 e. The van der Waals surface area contributed by atoms with Gasteiger partial charge in [0.05, 0.1) is 21.8 Å². The third-order valence-electron chi connectivity index (χ3n) is 6.00. The van der Waals surface area contributed by atoms with E-state index in [0.29, 0.717) is 35.3 Å². The molecular weight excluding hydrogens is 454 g/mol. The molecule has 0 atom stereocenters. The number of halogens is 1. The molecule has 1 saturated heterocycles. The number of anilines is 2. The van der Waals surface area contributed by atoms with Crippen molar-refractivity contribution in [1.29, 1.82) is 0 Å². The number of carbonyl (C=O) groups excluding carboxylic acids is 4. The van der Waals surface area contributed by atoms with Gasteiger partial charge in [0.1, 0.15) is 0 Å². The predicted molar refractivity (Wildman–Crippen MR) is 128 cm³/mol. The van der Waals surface area contributed by atoms with Crippen LogP contribution in [0.4, 0.5) is 11.4 Å². The molecule has 0 aliphatic carbocycles. The highest BCUT2D eigenvalue weighted by molar-refractivity contribution is 6.40. The Hall–Kier alpha value is -3.97. The molecule has 0 bridgehead atoms. The monoisotopic (exact) mass is 473 g/mol. The molecular formula is C26H20ClN3O4. The molecule has 34 heavy (non-hydrogen) atoms. The van der Waals surface area contributed by atoms with E-state index in [2.05, 4.69) is 5.32 Å². The summed E-state index contributed by atoms with van der Waals surface area (Å²) >= 11 is 6.40. The first-order valence-electron chi connectivity index (χ1n) is 10.9. The van der Waals surface area contributed by atoms with E-state index < -0.39 is 11.8 Å². The first kappa shape index (κ1) is 21.9. The van der Waals surface area contributed by atoms with Crippen molar-refractivity contribution in [3.05, 3.63) is 94.0 Å². The third-order valence-corrected chi connectivity index (χ3v) is 6.30. The van der Waals surface area contributed by atoms with Crippen LogP contribution in [0.15, 0.2) is 66.7 Å². The second-order valence-corrected chi connectivity index (χ2v) is 8.63. The summed E-state index contributed by atoms with van der Waals surface area (Å²) in [7, 11) is 0. The predicted octanol–water partition coefficient (Wildman–Crippen LogP) is 4.52. The van der Waals surface area contributed by atoms with Gasteiger partial charge in [0, 0.05) is 30.8 Å². The molecule has 1 fully saturated rings. The summed E-state index contributed by atoms with van der Waals surface area (Å²) in [5, 5.41) is 2.94. The van der Waals surface area contributed by atoms with E-state index in [1.165, 1.54) is 12.1 Å². The number of nitrogens with zero attached hydrogens (tertiary/aromatic N) is 2. The van der Waals surface area contributed by atoms with Gasteiger partial charge in [0.25, 0.3) is 17.7 Å². The van der Waals surface area contributed by atoms with Gasteiger partial charge in [-0.25, -0.2) is 4.90 Å². The van der Waals surface area contributed by atoms with E-state index in [4.69, 9.17) is 11.6 Å². The third kappa shape index (κ3) is 3.95. The molecule has 1 N–H and O–H groups in total. The van der Waals surface area contributed by atoms with Gasteiger partial charge in [-0.1, -0.05) is 35.9 Å². The lowest BCUT2D eigenvalue weighted by atomic mass is 10.1. The Bertz CT molecular complexity index is 1300. The number of benzene rings is 3. The van der Waals surface area contributed by atoms with Crippen LogP contribution in [0.1, 0.15) is 49.5 Å². The smallest absolute Gasteiger partial charge is 0.266 e. The molecule has 0 aromatic heterocycles. The van der Waals surface area contributed by atoms with E-state index in [9.17, 15) is 19.2 Å². The number of nitrogens with one attached hydrogen (secondary N) is 1. The van der Waals surface area contributed by atoms with E-state index >= 15 is 0 Å². The normalized spacial score (nSPS) is 15.1. The molecule has 4 amide bonds. The van der Waals surface area contributed by atoms with Crippen LogP contribution in [-0.2, 0) is 11.3 Å². The van der Waals surface area contributed by atoms with E-state index in [1.807, 2.05) is 17.0 Å². The quantitative estimate of drug-likeness (QED) is 0.552. The first-order chi connectivity index (χ1) is 16.4. The van der Waals surface area contributed by atoms with Gasteiger partial charge < -0.3 is 10.2 Å². The number of hydrogen-bond donors (Lipinski definition) is 1. The highest BCUT2D eigenvalue weighted by atomic mass is 35.5. The number of likely N-dealkylation sites (tertiary alicyclic amines) is 1. The van der Waals surface area contributed by atoms with Gasteiger partial charge in [0.2, 0.25) is 5.91 Å². The van der Waals surface area contributed by atoms with Crippen molar-refractivity contribution in [2.45, 2.75) is 19.4 Å². The first-order valence-corrected chi connectivity index (χ1v) is 11.3. The van der Waals surface area contributed by atoms with Gasteiger partial charge in [0.15, 0.2) is 0 Å². The molecule has 3 aromatic rings. The molecule has 0 radical (unpaired) electrons. The maximum atomic E-state index is 12.7. The number of fused-ring (bicyclic) bond motifs is 1. The standard InChI is InChI=1S/C26H20ClN3O4/c27-21-14-18(11-12-22(21)30-25(33)19-4-1-2-5-20(19)26(30)34)28-24(32)17-9-7-16(8-10-17)15-29-13-3-6-23(29)31/h1-2,4-5,7-12,14H,3,6,13,15H2,(H,28,32). The highest BCUT2D eigenvalue weighted by Gasteiger charge is 2.37. The average Bonchev–Trinajstić information content (AvgIpc) is 3.35. The lowest BCUT2D eigenvalue weighted by Gasteiger charge is -2.17. The van der Waals surface area contributed by atoms with Crippen molar-refractivity contribution in [3.8, 4) is 0 Å². The molecule has 0 unspecified atom stereocenters. The minimum atomic E-state index is -0.435. The van der Waals surface area contributed by atoms with Crippen molar-refractivity contribution >= 4 is 46.6 Å². The fourth-order valence-corrected chi connectivity index (χ4v) is 4.50. The van der Waals surface area contributed by atoms with Crippen LogP contribution in [0.3, 0.4) is 0 Å². The molecule has 2 heterocycles. The Kier molecular flexibility index (Phi) is 5.63. The second kappa shape index (κ2) is 8.76. The molecule has 2 aliphatic rings. The van der Waals surface area contributed by atoms with E-state index in [1.54, 1.807) is 42.5 Å². The zero-order chi connectivity index (χ0) is 23.8. The highest BCUT2D eigenvalue weighted by Crippen LogP contribution is 2.35. The molecule has 3 aromatic carbocycles. The summed E-state index contributed by atoms with van der Waals surface area (Å²) in [5.74, 6) is -1.04. The van der Waals surface area contributed by atoms with Crippen LogP contribution in [0.5, 0.6) is 0 Å². The molecule has 0 spiro atoms. The number of amides is 4. The Morgan fingerprint density at radius 1 is 0.912 bits per heavy atom. The van der Waals surface area contributed by atoms with Gasteiger partial charge in [-0.15, -0.1) is 0 Å². The zero-order valence-electron chi connectivity index (χ0n) is 18.1. The lowest BCUT2D eigenvalue weighted by molar-refractivity contribution is -0.128. The van der Waals surface area contributed by atoms with E-state index in [-0.39, 0.29) is 22.5 Å². The van der Waals surface area contributed by atoms with Crippen LogP contribution < -0.4 is 10.2 Å². The lowest BCUT2D eigenvalue weighted by Crippen LogP contribution is -2.29. The van der Waals surface area contributed by atoms with Gasteiger partial charge in [-0.3, -0.25) is 19.2 Å². The summed E-state index contributed by atoms with van der Waals surface area (Å²) in [6.07, 6.45) is 1.47. The maximum absolute atomic E-state index is 12.7. The second-order valence-electron chi connectivity index (χ2n) is 8.23. The van der Waals surface area contributed by atoms with Crippen molar-refractivity contribution in [2.75, 3.05) is 16.8 Å². The Balaban J connectivity index is 1.28. The SMILES string of the molecule is O=C(Nc1ccc(N2C(=O)c3ccccc3C2=O)c(Cl)c1)c1ccc(CN2CCCC2=O)cc1. The molecule has 0 saturated carbocycles. The van der Waals surface area contributed by atoms with Crippen LogP contribution in [0.25, 0.3) is 0 Å². The summed E-state index contributed by atoms with van der Waals surface area (Å²) in [6, 6.07) is 18.3. The van der Waals surface area contributed by atoms with Gasteiger partial charge in [-0.05, 0) is 54.4 Å². The van der Waals surface area contributed by atoms with Crippen molar-refractivity contribution in [1.82, 2.24) is 4.90 Å². The number of hydrogen-bond acceptors (Lipinski definition) is 4. The molecule has 8 heteroatoms. The summed E-state index contributed by atoms with van der Waals surface area (Å²) in [6.45, 7) is 1.30. The summed E-state index contributed by atoms with van der Waals surface area (Å²) in [4.78, 5) is 52.8. The summed E-state index contributed by atoms with van der Waals surface area (Å²) in [5.41, 5.74) is 2.77. The van der Waals surface area contributed by atoms with Crippen molar-refractivity contribution in [3.63, 3.8) is 0 Å². The zero-order valence-corrected chi connectivity index (χ0v) is 18.8.